The predicted molar refractivity (Wildman–Crippen MR) is 95.7 cm³/mol. The van der Waals surface area contributed by atoms with E-state index in [1.807, 2.05) is 6.92 Å². The van der Waals surface area contributed by atoms with Crippen molar-refractivity contribution < 1.29 is 27.5 Å². The van der Waals surface area contributed by atoms with Crippen molar-refractivity contribution in [2.24, 2.45) is 0 Å². The summed E-state index contributed by atoms with van der Waals surface area (Å²) in [5.41, 5.74) is -0.409. The van der Waals surface area contributed by atoms with Gasteiger partial charge in [0.2, 0.25) is 11.8 Å². The van der Waals surface area contributed by atoms with Crippen molar-refractivity contribution in [3.8, 4) is 5.75 Å². The van der Waals surface area contributed by atoms with E-state index < -0.39 is 30.1 Å². The van der Waals surface area contributed by atoms with Crippen LogP contribution in [-0.2, 0) is 15.8 Å². The lowest BCUT2D eigenvalue weighted by Crippen LogP contribution is -2.36. The monoisotopic (exact) mass is 380 g/mol. The quantitative estimate of drug-likeness (QED) is 0.821. The summed E-state index contributed by atoms with van der Waals surface area (Å²) in [6.07, 6.45) is -4.54. The van der Waals surface area contributed by atoms with Crippen molar-refractivity contribution in [3.63, 3.8) is 0 Å². The zero-order valence-corrected chi connectivity index (χ0v) is 14.8. The highest BCUT2D eigenvalue weighted by atomic mass is 19.4. The van der Waals surface area contributed by atoms with Crippen molar-refractivity contribution in [3.05, 3.63) is 54.1 Å². The predicted octanol–water partition coefficient (Wildman–Crippen LogP) is 4.10. The van der Waals surface area contributed by atoms with Crippen molar-refractivity contribution in [1.82, 2.24) is 0 Å². The zero-order valence-electron chi connectivity index (χ0n) is 14.8. The number of anilines is 2. The zero-order chi connectivity index (χ0) is 20.0. The number of alkyl halides is 3. The topological polar surface area (TPSA) is 58.6 Å². The van der Waals surface area contributed by atoms with Crippen molar-refractivity contribution in [2.75, 3.05) is 23.4 Å². The maximum Gasteiger partial charge on any atom is 0.416 e. The average molecular weight is 380 g/mol. The SMILES string of the molecule is CCOc1ccc(NC(=O)CN(C(C)=O)c2cccc(C(F)(F)F)c2)cc1. The van der Waals surface area contributed by atoms with Crippen LogP contribution in [0.3, 0.4) is 0 Å². The van der Waals surface area contributed by atoms with Gasteiger partial charge in [0.05, 0.1) is 12.2 Å². The summed E-state index contributed by atoms with van der Waals surface area (Å²) in [7, 11) is 0. The molecule has 2 aromatic carbocycles. The molecule has 8 heteroatoms. The molecule has 0 spiro atoms. The molecule has 5 nitrogen and oxygen atoms in total. The Morgan fingerprint density at radius 1 is 1.11 bits per heavy atom. The molecule has 0 aliphatic heterocycles. The summed E-state index contributed by atoms with van der Waals surface area (Å²) in [6, 6.07) is 10.9. The van der Waals surface area contributed by atoms with Crippen LogP contribution < -0.4 is 15.0 Å². The van der Waals surface area contributed by atoms with E-state index in [9.17, 15) is 22.8 Å². The van der Waals surface area contributed by atoms with E-state index in [1.165, 1.54) is 19.1 Å². The molecule has 0 bridgehead atoms. The molecule has 0 aliphatic rings. The van der Waals surface area contributed by atoms with Crippen LogP contribution in [0.1, 0.15) is 19.4 Å². The van der Waals surface area contributed by atoms with Gasteiger partial charge in [0.25, 0.3) is 0 Å². The average Bonchev–Trinajstić information content (AvgIpc) is 2.61. The Labute approximate surface area is 154 Å². The van der Waals surface area contributed by atoms with Crippen LogP contribution in [0, 0.1) is 0 Å². The van der Waals surface area contributed by atoms with Gasteiger partial charge in [-0.25, -0.2) is 0 Å². The standard InChI is InChI=1S/C19H19F3N2O3/c1-3-27-17-9-7-15(8-10-17)23-18(26)12-24(13(2)25)16-6-4-5-14(11-16)19(20,21)22/h4-11H,3,12H2,1-2H3,(H,23,26). The minimum atomic E-state index is -4.54. The number of nitrogens with zero attached hydrogens (tertiary/aromatic N) is 1. The molecule has 0 aliphatic carbocycles. The lowest BCUT2D eigenvalue weighted by atomic mass is 10.1. The Kier molecular flexibility index (Phi) is 6.44. The summed E-state index contributed by atoms with van der Waals surface area (Å²) < 4.78 is 43.9. The summed E-state index contributed by atoms with van der Waals surface area (Å²) in [4.78, 5) is 25.1. The molecule has 0 aromatic heterocycles. The van der Waals surface area contributed by atoms with Gasteiger partial charge in [-0.15, -0.1) is 0 Å². The number of nitrogens with one attached hydrogen (secondary N) is 1. The fraction of sp³-hybridized carbons (Fsp3) is 0.263. The van der Waals surface area contributed by atoms with E-state index in [0.717, 1.165) is 17.0 Å². The van der Waals surface area contributed by atoms with E-state index >= 15 is 0 Å². The van der Waals surface area contributed by atoms with Crippen LogP contribution in [-0.4, -0.2) is 25.0 Å². The first-order chi connectivity index (χ1) is 12.7. The van der Waals surface area contributed by atoms with Gasteiger partial charge in [-0.1, -0.05) is 6.07 Å². The molecule has 2 rings (SSSR count). The van der Waals surface area contributed by atoms with Crippen molar-refractivity contribution in [2.45, 2.75) is 20.0 Å². The Morgan fingerprint density at radius 2 is 1.78 bits per heavy atom. The summed E-state index contributed by atoms with van der Waals surface area (Å²) in [6.45, 7) is 3.13. The van der Waals surface area contributed by atoms with Gasteiger partial charge in [0, 0.05) is 18.3 Å². The van der Waals surface area contributed by atoms with Gasteiger partial charge in [0.15, 0.2) is 0 Å². The van der Waals surface area contributed by atoms with Crippen molar-refractivity contribution >= 4 is 23.2 Å². The molecule has 0 fully saturated rings. The number of hydrogen-bond acceptors (Lipinski definition) is 3. The van der Waals surface area contributed by atoms with Crippen LogP contribution >= 0.6 is 0 Å². The number of benzene rings is 2. The Morgan fingerprint density at radius 3 is 2.33 bits per heavy atom. The van der Waals surface area contributed by atoms with Gasteiger partial charge in [-0.2, -0.15) is 13.2 Å². The van der Waals surface area contributed by atoms with Gasteiger partial charge < -0.3 is 15.0 Å². The second-order valence-corrected chi connectivity index (χ2v) is 5.66. The van der Waals surface area contributed by atoms with Gasteiger partial charge in [-0.05, 0) is 49.4 Å². The van der Waals surface area contributed by atoms with E-state index in [2.05, 4.69) is 5.32 Å². The Bertz CT molecular complexity index is 805. The van der Waals surface area contributed by atoms with E-state index in [-0.39, 0.29) is 5.69 Å². The maximum absolute atomic E-state index is 12.9. The molecule has 1 N–H and O–H groups in total. The highest BCUT2D eigenvalue weighted by Gasteiger charge is 2.31. The Balaban J connectivity index is 2.12. The highest BCUT2D eigenvalue weighted by molar-refractivity contribution is 6.01. The maximum atomic E-state index is 12.9. The molecular formula is C19H19F3N2O3. The first-order valence-electron chi connectivity index (χ1n) is 8.18. The molecule has 0 radical (unpaired) electrons. The first kappa shape index (κ1) is 20.3. The van der Waals surface area contributed by atoms with Crippen LogP contribution in [0.2, 0.25) is 0 Å². The number of halogens is 3. The van der Waals surface area contributed by atoms with Crippen LogP contribution in [0.4, 0.5) is 24.5 Å². The summed E-state index contributed by atoms with van der Waals surface area (Å²) >= 11 is 0. The molecule has 0 saturated carbocycles. The van der Waals surface area contributed by atoms with E-state index in [1.54, 1.807) is 24.3 Å². The van der Waals surface area contributed by atoms with Crippen LogP contribution in [0.25, 0.3) is 0 Å². The minimum absolute atomic E-state index is 0.000770. The van der Waals surface area contributed by atoms with Gasteiger partial charge in [-0.3, -0.25) is 9.59 Å². The molecule has 0 atom stereocenters. The molecule has 27 heavy (non-hydrogen) atoms. The normalized spacial score (nSPS) is 11.0. The van der Waals surface area contributed by atoms with Gasteiger partial charge >= 0.3 is 6.18 Å². The molecule has 0 heterocycles. The lowest BCUT2D eigenvalue weighted by Gasteiger charge is -2.21. The third-order valence-electron chi connectivity index (χ3n) is 3.62. The second-order valence-electron chi connectivity index (χ2n) is 5.66. The van der Waals surface area contributed by atoms with Crippen LogP contribution in [0.15, 0.2) is 48.5 Å². The minimum Gasteiger partial charge on any atom is -0.494 e. The summed E-state index contributed by atoms with van der Waals surface area (Å²) in [5, 5.41) is 2.60. The number of carbonyl (C=O) groups is 2. The highest BCUT2D eigenvalue weighted by Crippen LogP contribution is 2.31. The molecule has 0 unspecified atom stereocenters. The fourth-order valence-electron chi connectivity index (χ4n) is 2.38. The number of hydrogen-bond donors (Lipinski definition) is 1. The third kappa shape index (κ3) is 5.73. The molecule has 0 saturated heterocycles. The molecule has 2 aromatic rings. The second kappa shape index (κ2) is 8.57. The third-order valence-corrected chi connectivity index (χ3v) is 3.62. The molecule has 2 amide bonds. The van der Waals surface area contributed by atoms with Gasteiger partial charge in [0.1, 0.15) is 12.3 Å². The summed E-state index contributed by atoms with van der Waals surface area (Å²) in [5.74, 6) is -0.437. The number of ether oxygens (including phenoxy) is 1. The largest absolute Gasteiger partial charge is 0.494 e. The number of amides is 2. The van der Waals surface area contributed by atoms with Crippen molar-refractivity contribution in [1.29, 1.82) is 0 Å². The first-order valence-corrected chi connectivity index (χ1v) is 8.18. The Hall–Kier alpha value is -3.03. The van der Waals surface area contributed by atoms with E-state index in [4.69, 9.17) is 4.74 Å². The fourth-order valence-corrected chi connectivity index (χ4v) is 2.38. The lowest BCUT2D eigenvalue weighted by molar-refractivity contribution is -0.137. The molecule has 144 valence electrons. The molecular weight excluding hydrogens is 361 g/mol. The van der Waals surface area contributed by atoms with E-state index in [0.29, 0.717) is 18.0 Å². The smallest absolute Gasteiger partial charge is 0.416 e. The number of rotatable bonds is 6. The number of carbonyl (C=O) groups excluding carboxylic acids is 2. The van der Waals surface area contributed by atoms with Crippen LogP contribution in [0.5, 0.6) is 5.75 Å².